The second-order valence-electron chi connectivity index (χ2n) is 6.74. The first-order valence-electron chi connectivity index (χ1n) is 9.31. The molecule has 0 saturated heterocycles. The highest BCUT2D eigenvalue weighted by Crippen LogP contribution is 2.19. The molecule has 2 rings (SSSR count). The van der Waals surface area contributed by atoms with Crippen molar-refractivity contribution in [1.82, 2.24) is 5.32 Å². The van der Waals surface area contributed by atoms with E-state index in [0.29, 0.717) is 24.3 Å². The molecule has 0 unspecified atom stereocenters. The average Bonchev–Trinajstić information content (AvgIpc) is 2.62. The standard InChI is InChI=1S/C21H28N2O3/c1-16(24)19-9-6-10-20(15-19)23(17(2)25)14-12-21(26)22-13-11-18-7-4-3-5-8-18/h6-7,9-10,15H,3-5,8,11-14H2,1-2H3,(H,22,26). The average molecular weight is 356 g/mol. The summed E-state index contributed by atoms with van der Waals surface area (Å²) in [4.78, 5) is 37.1. The Morgan fingerprint density at radius 3 is 2.62 bits per heavy atom. The van der Waals surface area contributed by atoms with Crippen LogP contribution in [0.3, 0.4) is 0 Å². The summed E-state index contributed by atoms with van der Waals surface area (Å²) >= 11 is 0. The molecule has 0 fully saturated rings. The number of nitrogens with one attached hydrogen (secondary N) is 1. The molecule has 0 aromatic heterocycles. The number of hydrogen-bond acceptors (Lipinski definition) is 3. The Bertz CT molecular complexity index is 694. The molecule has 5 nitrogen and oxygen atoms in total. The molecule has 0 heterocycles. The fourth-order valence-corrected chi connectivity index (χ4v) is 3.16. The lowest BCUT2D eigenvalue weighted by Gasteiger charge is -2.21. The van der Waals surface area contributed by atoms with Gasteiger partial charge in [0.15, 0.2) is 5.78 Å². The molecule has 1 aliphatic carbocycles. The number of nitrogens with zero attached hydrogens (tertiary/aromatic N) is 1. The van der Waals surface area contributed by atoms with Crippen molar-refractivity contribution in [3.63, 3.8) is 0 Å². The number of Topliss-reactive ketones (excluding diaryl/α,β-unsaturated/α-hetero) is 1. The summed E-state index contributed by atoms with van der Waals surface area (Å²) in [6.07, 6.45) is 8.23. The second kappa shape index (κ2) is 9.90. The highest BCUT2D eigenvalue weighted by molar-refractivity contribution is 5.97. The van der Waals surface area contributed by atoms with Crippen molar-refractivity contribution in [1.29, 1.82) is 0 Å². The zero-order valence-corrected chi connectivity index (χ0v) is 15.7. The van der Waals surface area contributed by atoms with E-state index in [0.717, 1.165) is 19.3 Å². The van der Waals surface area contributed by atoms with E-state index in [1.165, 1.54) is 37.2 Å². The molecule has 0 spiro atoms. The number of anilines is 1. The van der Waals surface area contributed by atoms with Crippen LogP contribution in [0.25, 0.3) is 0 Å². The van der Waals surface area contributed by atoms with Crippen LogP contribution in [0.15, 0.2) is 35.9 Å². The van der Waals surface area contributed by atoms with Crippen LogP contribution in [0.4, 0.5) is 5.69 Å². The number of allylic oxidation sites excluding steroid dienone is 1. The lowest BCUT2D eigenvalue weighted by Crippen LogP contribution is -2.34. The van der Waals surface area contributed by atoms with Gasteiger partial charge in [0.05, 0.1) is 0 Å². The van der Waals surface area contributed by atoms with Crippen molar-refractivity contribution in [2.75, 3.05) is 18.0 Å². The van der Waals surface area contributed by atoms with Gasteiger partial charge in [0.25, 0.3) is 0 Å². The predicted molar refractivity (Wildman–Crippen MR) is 103 cm³/mol. The minimum Gasteiger partial charge on any atom is -0.356 e. The molecule has 5 heteroatoms. The van der Waals surface area contributed by atoms with E-state index in [-0.39, 0.29) is 24.0 Å². The number of hydrogen-bond donors (Lipinski definition) is 1. The summed E-state index contributed by atoms with van der Waals surface area (Å²) in [6, 6.07) is 6.94. The quantitative estimate of drug-likeness (QED) is 0.571. The molecule has 1 aliphatic rings. The van der Waals surface area contributed by atoms with Gasteiger partial charge in [0.1, 0.15) is 0 Å². The van der Waals surface area contributed by atoms with Gasteiger partial charge in [-0.05, 0) is 51.2 Å². The van der Waals surface area contributed by atoms with Crippen LogP contribution in [0, 0.1) is 0 Å². The Kier molecular flexibility index (Phi) is 7.57. The van der Waals surface area contributed by atoms with E-state index in [9.17, 15) is 14.4 Å². The first-order chi connectivity index (χ1) is 12.5. The van der Waals surface area contributed by atoms with Gasteiger partial charge in [-0.1, -0.05) is 23.8 Å². The van der Waals surface area contributed by atoms with E-state index in [2.05, 4.69) is 11.4 Å². The minimum absolute atomic E-state index is 0.0508. The summed E-state index contributed by atoms with van der Waals surface area (Å²) < 4.78 is 0. The fraction of sp³-hybridized carbons (Fsp3) is 0.476. The van der Waals surface area contributed by atoms with Crippen LogP contribution in [-0.2, 0) is 9.59 Å². The van der Waals surface area contributed by atoms with E-state index in [4.69, 9.17) is 0 Å². The fourth-order valence-electron chi connectivity index (χ4n) is 3.16. The molecule has 2 amide bonds. The van der Waals surface area contributed by atoms with Crippen LogP contribution in [-0.4, -0.2) is 30.7 Å². The zero-order valence-electron chi connectivity index (χ0n) is 15.7. The summed E-state index contributed by atoms with van der Waals surface area (Å²) in [6.45, 7) is 3.90. The first kappa shape index (κ1) is 19.9. The van der Waals surface area contributed by atoms with E-state index < -0.39 is 0 Å². The highest BCUT2D eigenvalue weighted by Gasteiger charge is 2.14. The maximum Gasteiger partial charge on any atom is 0.223 e. The molecule has 0 atom stereocenters. The van der Waals surface area contributed by atoms with Crippen LogP contribution >= 0.6 is 0 Å². The number of carbonyl (C=O) groups is 3. The molecule has 26 heavy (non-hydrogen) atoms. The Hall–Kier alpha value is -2.43. The van der Waals surface area contributed by atoms with Gasteiger partial charge in [-0.3, -0.25) is 14.4 Å². The van der Waals surface area contributed by atoms with Crippen molar-refractivity contribution in [3.05, 3.63) is 41.5 Å². The van der Waals surface area contributed by atoms with Gasteiger partial charge in [-0.2, -0.15) is 0 Å². The van der Waals surface area contributed by atoms with Crippen LogP contribution < -0.4 is 10.2 Å². The molecular weight excluding hydrogens is 328 g/mol. The van der Waals surface area contributed by atoms with Crippen molar-refractivity contribution in [3.8, 4) is 0 Å². The predicted octanol–water partition coefficient (Wildman–Crippen LogP) is 3.64. The minimum atomic E-state index is -0.147. The van der Waals surface area contributed by atoms with E-state index >= 15 is 0 Å². The molecule has 1 aromatic rings. The van der Waals surface area contributed by atoms with Crippen molar-refractivity contribution in [2.45, 2.75) is 52.4 Å². The molecule has 0 saturated carbocycles. The van der Waals surface area contributed by atoms with Crippen LogP contribution in [0.5, 0.6) is 0 Å². The normalized spacial score (nSPS) is 13.7. The van der Waals surface area contributed by atoms with Gasteiger partial charge < -0.3 is 10.2 Å². The molecular formula is C21H28N2O3. The molecule has 1 aromatic carbocycles. The van der Waals surface area contributed by atoms with E-state index in [1.54, 1.807) is 24.3 Å². The first-order valence-corrected chi connectivity index (χ1v) is 9.31. The highest BCUT2D eigenvalue weighted by atomic mass is 16.2. The SMILES string of the molecule is CC(=O)c1cccc(N(CCC(=O)NCCC2=CCCCC2)C(C)=O)c1. The third-order valence-electron chi connectivity index (χ3n) is 4.66. The molecule has 140 valence electrons. The lowest BCUT2D eigenvalue weighted by atomic mass is 9.97. The Morgan fingerprint density at radius 2 is 1.96 bits per heavy atom. The second-order valence-corrected chi connectivity index (χ2v) is 6.74. The van der Waals surface area contributed by atoms with Crippen molar-refractivity contribution in [2.24, 2.45) is 0 Å². The smallest absolute Gasteiger partial charge is 0.223 e. The summed E-state index contributed by atoms with van der Waals surface area (Å²) in [7, 11) is 0. The maximum atomic E-state index is 12.1. The summed E-state index contributed by atoms with van der Waals surface area (Å²) in [5.74, 6) is -0.258. The Balaban J connectivity index is 1.85. The van der Waals surface area contributed by atoms with Crippen molar-refractivity contribution >= 4 is 23.3 Å². The third kappa shape index (κ3) is 6.14. The molecule has 1 N–H and O–H groups in total. The monoisotopic (exact) mass is 356 g/mol. The van der Waals surface area contributed by atoms with Gasteiger partial charge in [0, 0.05) is 37.7 Å². The molecule has 0 aliphatic heterocycles. The number of ketones is 1. The third-order valence-corrected chi connectivity index (χ3v) is 4.66. The van der Waals surface area contributed by atoms with Crippen LogP contribution in [0.1, 0.15) is 62.7 Å². The summed E-state index contributed by atoms with van der Waals surface area (Å²) in [5.41, 5.74) is 2.63. The maximum absolute atomic E-state index is 12.1. The zero-order chi connectivity index (χ0) is 18.9. The number of benzene rings is 1. The van der Waals surface area contributed by atoms with Crippen molar-refractivity contribution < 1.29 is 14.4 Å². The van der Waals surface area contributed by atoms with Crippen LogP contribution in [0.2, 0.25) is 0 Å². The van der Waals surface area contributed by atoms with Gasteiger partial charge in [-0.15, -0.1) is 0 Å². The van der Waals surface area contributed by atoms with Gasteiger partial charge >= 0.3 is 0 Å². The molecule has 0 bridgehead atoms. The van der Waals surface area contributed by atoms with E-state index in [1.807, 2.05) is 0 Å². The molecule has 0 radical (unpaired) electrons. The lowest BCUT2D eigenvalue weighted by molar-refractivity contribution is -0.121. The number of amides is 2. The number of rotatable bonds is 8. The topological polar surface area (TPSA) is 66.5 Å². The number of carbonyl (C=O) groups excluding carboxylic acids is 3. The van der Waals surface area contributed by atoms with Gasteiger partial charge in [0.2, 0.25) is 11.8 Å². The van der Waals surface area contributed by atoms with Gasteiger partial charge in [-0.25, -0.2) is 0 Å². The largest absolute Gasteiger partial charge is 0.356 e. The Morgan fingerprint density at radius 1 is 1.15 bits per heavy atom. The summed E-state index contributed by atoms with van der Waals surface area (Å²) in [5, 5.41) is 2.93. The Labute approximate surface area is 155 Å².